The van der Waals surface area contributed by atoms with Crippen molar-refractivity contribution < 1.29 is 14.3 Å². The lowest BCUT2D eigenvalue weighted by Gasteiger charge is -2.13. The van der Waals surface area contributed by atoms with Crippen LogP contribution >= 0.6 is 11.3 Å². The summed E-state index contributed by atoms with van der Waals surface area (Å²) in [6.07, 6.45) is 1.36. The normalized spacial score (nSPS) is 22.5. The molecule has 0 radical (unpaired) electrons. The number of nitrogens with zero attached hydrogens (tertiary/aromatic N) is 1. The molecule has 1 fully saturated rings. The number of hydrogen-bond acceptors (Lipinski definition) is 6. The average Bonchev–Trinajstić information content (AvgIpc) is 2.93. The fraction of sp³-hybridized carbons (Fsp3) is 0.692. The molecule has 5 nitrogen and oxygen atoms in total. The Kier molecular flexibility index (Phi) is 4.76. The number of hydrogen-bond donors (Lipinski definition) is 1. The Morgan fingerprint density at radius 1 is 1.63 bits per heavy atom. The summed E-state index contributed by atoms with van der Waals surface area (Å²) in [5.74, 6) is 0.164. The van der Waals surface area contributed by atoms with Gasteiger partial charge in [0.05, 0.1) is 12.7 Å². The van der Waals surface area contributed by atoms with E-state index >= 15 is 0 Å². The van der Waals surface area contributed by atoms with Crippen molar-refractivity contribution in [1.82, 2.24) is 4.98 Å². The number of carbonyl (C=O) groups excluding carboxylic acids is 1. The number of ether oxygens (including phenoxy) is 2. The Morgan fingerprint density at radius 2 is 2.42 bits per heavy atom. The molecule has 0 amide bonds. The van der Waals surface area contributed by atoms with E-state index in [9.17, 15) is 4.79 Å². The van der Waals surface area contributed by atoms with Gasteiger partial charge in [-0.05, 0) is 27.2 Å². The maximum atomic E-state index is 11.7. The molecule has 2 unspecified atom stereocenters. The summed E-state index contributed by atoms with van der Waals surface area (Å²) >= 11 is 1.49. The second kappa shape index (κ2) is 6.34. The van der Waals surface area contributed by atoms with Crippen LogP contribution in [0.15, 0.2) is 0 Å². The molecule has 2 rings (SSSR count). The first-order valence-corrected chi connectivity index (χ1v) is 7.43. The van der Waals surface area contributed by atoms with Gasteiger partial charge < -0.3 is 14.8 Å². The third-order valence-corrected chi connectivity index (χ3v) is 4.24. The van der Waals surface area contributed by atoms with Crippen LogP contribution in [0.4, 0.5) is 5.13 Å². The van der Waals surface area contributed by atoms with Crippen LogP contribution in [0.1, 0.15) is 35.6 Å². The van der Waals surface area contributed by atoms with Gasteiger partial charge in [-0.15, -0.1) is 11.3 Å². The second-order valence-electron chi connectivity index (χ2n) is 4.65. The largest absolute Gasteiger partial charge is 0.461 e. The van der Waals surface area contributed by atoms with Gasteiger partial charge in [0.2, 0.25) is 0 Å². The minimum Gasteiger partial charge on any atom is -0.461 e. The summed E-state index contributed by atoms with van der Waals surface area (Å²) in [4.78, 5) is 16.9. The molecule has 0 spiro atoms. The Balaban J connectivity index is 1.94. The summed E-state index contributed by atoms with van der Waals surface area (Å²) in [7, 11) is 0. The molecule has 6 heteroatoms. The average molecular weight is 284 g/mol. The number of esters is 1. The zero-order chi connectivity index (χ0) is 13.8. The highest BCUT2D eigenvalue weighted by atomic mass is 32.1. The van der Waals surface area contributed by atoms with Gasteiger partial charge in [0, 0.05) is 23.9 Å². The fourth-order valence-electron chi connectivity index (χ4n) is 2.12. The van der Waals surface area contributed by atoms with Crippen molar-refractivity contribution in [3.05, 3.63) is 10.6 Å². The second-order valence-corrected chi connectivity index (χ2v) is 5.85. The molecule has 106 valence electrons. The molecule has 0 saturated carbocycles. The van der Waals surface area contributed by atoms with Crippen molar-refractivity contribution in [2.45, 2.75) is 33.3 Å². The maximum absolute atomic E-state index is 11.7. The molecule has 1 aromatic rings. The fourth-order valence-corrected chi connectivity index (χ4v) is 2.93. The van der Waals surface area contributed by atoms with E-state index in [-0.39, 0.29) is 12.1 Å². The van der Waals surface area contributed by atoms with Gasteiger partial charge in [-0.3, -0.25) is 0 Å². The van der Waals surface area contributed by atoms with E-state index in [4.69, 9.17) is 9.47 Å². The zero-order valence-electron chi connectivity index (χ0n) is 11.6. The molecular formula is C13H20N2O3S. The maximum Gasteiger partial charge on any atom is 0.358 e. The summed E-state index contributed by atoms with van der Waals surface area (Å²) in [6.45, 7) is 7.80. The number of aromatic nitrogens is 1. The standard InChI is InChI=1S/C13H20N2O3S/c1-4-17-12(16)11-9(3)19-13(15-11)14-7-10-5-6-18-8(10)2/h8,10H,4-7H2,1-3H3,(H,14,15). The van der Waals surface area contributed by atoms with Crippen molar-refractivity contribution in [3.8, 4) is 0 Å². The predicted molar refractivity (Wildman–Crippen MR) is 74.8 cm³/mol. The third-order valence-electron chi connectivity index (χ3n) is 3.31. The number of rotatable bonds is 5. The van der Waals surface area contributed by atoms with Crippen LogP contribution in [0.2, 0.25) is 0 Å². The van der Waals surface area contributed by atoms with E-state index in [2.05, 4.69) is 17.2 Å². The first-order chi connectivity index (χ1) is 9.11. The number of nitrogens with one attached hydrogen (secondary N) is 1. The molecule has 1 aromatic heterocycles. The third kappa shape index (κ3) is 3.45. The number of carbonyl (C=O) groups is 1. The first kappa shape index (κ1) is 14.3. The molecule has 0 bridgehead atoms. The summed E-state index contributed by atoms with van der Waals surface area (Å²) in [5.41, 5.74) is 0.421. The minimum absolute atomic E-state index is 0.290. The van der Waals surface area contributed by atoms with E-state index in [0.29, 0.717) is 18.2 Å². The quantitative estimate of drug-likeness (QED) is 0.842. The smallest absolute Gasteiger partial charge is 0.358 e. The van der Waals surface area contributed by atoms with Crippen LogP contribution in [-0.4, -0.2) is 36.8 Å². The molecule has 2 atom stereocenters. The van der Waals surface area contributed by atoms with E-state index in [1.54, 1.807) is 6.92 Å². The van der Waals surface area contributed by atoms with Gasteiger partial charge in [-0.2, -0.15) is 0 Å². The number of aryl methyl sites for hydroxylation is 1. The van der Waals surface area contributed by atoms with Crippen LogP contribution in [0, 0.1) is 12.8 Å². The van der Waals surface area contributed by atoms with Crippen molar-refractivity contribution in [2.75, 3.05) is 25.1 Å². The molecule has 1 aliphatic heterocycles. The number of anilines is 1. The topological polar surface area (TPSA) is 60.5 Å². The van der Waals surface area contributed by atoms with Gasteiger partial charge in [-0.25, -0.2) is 9.78 Å². The molecule has 0 aliphatic carbocycles. The van der Waals surface area contributed by atoms with E-state index in [1.165, 1.54) is 11.3 Å². The zero-order valence-corrected chi connectivity index (χ0v) is 12.4. The van der Waals surface area contributed by atoms with Crippen LogP contribution in [0.5, 0.6) is 0 Å². The Hall–Kier alpha value is -1.14. The van der Waals surface area contributed by atoms with Crippen molar-refractivity contribution in [1.29, 1.82) is 0 Å². The molecule has 19 heavy (non-hydrogen) atoms. The number of thiazole rings is 1. The van der Waals surface area contributed by atoms with Crippen molar-refractivity contribution in [2.24, 2.45) is 5.92 Å². The highest BCUT2D eigenvalue weighted by Gasteiger charge is 2.24. The SMILES string of the molecule is CCOC(=O)c1nc(NCC2CCOC2C)sc1C. The molecule has 1 aliphatic rings. The lowest BCUT2D eigenvalue weighted by molar-refractivity contribution is 0.0519. The summed E-state index contributed by atoms with van der Waals surface area (Å²) in [5, 5.41) is 4.07. The van der Waals surface area contributed by atoms with Gasteiger partial charge in [0.1, 0.15) is 0 Å². The van der Waals surface area contributed by atoms with E-state index in [0.717, 1.165) is 29.6 Å². The predicted octanol–water partition coefficient (Wildman–Crippen LogP) is 2.47. The van der Waals surface area contributed by atoms with Gasteiger partial charge in [0.15, 0.2) is 10.8 Å². The van der Waals surface area contributed by atoms with Gasteiger partial charge in [-0.1, -0.05) is 0 Å². The lowest BCUT2D eigenvalue weighted by atomic mass is 10.0. The molecule has 2 heterocycles. The molecular weight excluding hydrogens is 264 g/mol. The highest BCUT2D eigenvalue weighted by Crippen LogP contribution is 2.25. The summed E-state index contributed by atoms with van der Waals surface area (Å²) in [6, 6.07) is 0. The Labute approximate surface area is 117 Å². The lowest BCUT2D eigenvalue weighted by Crippen LogP contribution is -2.20. The highest BCUT2D eigenvalue weighted by molar-refractivity contribution is 7.15. The molecule has 0 aromatic carbocycles. The van der Waals surface area contributed by atoms with E-state index in [1.807, 2.05) is 6.92 Å². The molecule has 1 N–H and O–H groups in total. The first-order valence-electron chi connectivity index (χ1n) is 6.61. The minimum atomic E-state index is -0.345. The van der Waals surface area contributed by atoms with E-state index < -0.39 is 0 Å². The monoisotopic (exact) mass is 284 g/mol. The van der Waals surface area contributed by atoms with Gasteiger partial charge in [0.25, 0.3) is 0 Å². The van der Waals surface area contributed by atoms with Crippen LogP contribution in [-0.2, 0) is 9.47 Å². The van der Waals surface area contributed by atoms with Gasteiger partial charge >= 0.3 is 5.97 Å². The van der Waals surface area contributed by atoms with Crippen LogP contribution in [0.3, 0.4) is 0 Å². The summed E-state index contributed by atoms with van der Waals surface area (Å²) < 4.78 is 10.5. The van der Waals surface area contributed by atoms with Crippen molar-refractivity contribution >= 4 is 22.4 Å². The van der Waals surface area contributed by atoms with Crippen LogP contribution in [0.25, 0.3) is 0 Å². The van der Waals surface area contributed by atoms with Crippen LogP contribution < -0.4 is 5.32 Å². The van der Waals surface area contributed by atoms with Crippen molar-refractivity contribution in [3.63, 3.8) is 0 Å². The Bertz CT molecular complexity index is 447. The molecule has 1 saturated heterocycles. The Morgan fingerprint density at radius 3 is 3.05 bits per heavy atom.